The lowest BCUT2D eigenvalue weighted by Gasteiger charge is -1.83. The van der Waals surface area contributed by atoms with Crippen LogP contribution >= 0.6 is 0 Å². The lowest BCUT2D eigenvalue weighted by atomic mass is 10.5. The fourth-order valence-electron chi connectivity index (χ4n) is 0.175. The first-order valence-electron chi connectivity index (χ1n) is 3.90. The summed E-state index contributed by atoms with van der Waals surface area (Å²) in [6, 6.07) is 0. The van der Waals surface area contributed by atoms with Crippen molar-refractivity contribution in [1.29, 1.82) is 0 Å². The molecule has 2 heteroatoms. The topological polar surface area (TPSA) is 24.7 Å². The Kier molecular flexibility index (Phi) is 1.42. The fraction of sp³-hybridized carbons (Fsp3) is 0.667. The predicted molar refractivity (Wildman–Crippen MR) is 37.6 cm³/mol. The summed E-state index contributed by atoms with van der Waals surface area (Å²) < 4.78 is 20.7. The molecule has 0 aromatic heterocycles. The molecule has 0 spiro atoms. The summed E-state index contributed by atoms with van der Waals surface area (Å²) in [5, 5.41) is 7.17. The summed E-state index contributed by atoms with van der Waals surface area (Å²) in [7, 11) is 0. The number of nitrogens with zero attached hydrogens (tertiary/aromatic N) is 2. The highest BCUT2D eigenvalue weighted by Crippen LogP contribution is 1.79. The first-order chi connectivity index (χ1) is 4.84. The summed E-state index contributed by atoms with van der Waals surface area (Å²) in [5.74, 6) is 0. The van der Waals surface area contributed by atoms with E-state index in [1.807, 2.05) is 0 Å². The van der Waals surface area contributed by atoms with Gasteiger partial charge in [0.25, 0.3) is 0 Å². The zero-order valence-corrected chi connectivity index (χ0v) is 5.39. The molecule has 0 bridgehead atoms. The lowest BCUT2D eigenvalue weighted by molar-refractivity contribution is 1.21. The van der Waals surface area contributed by atoms with Gasteiger partial charge in [-0.1, -0.05) is 0 Å². The molecule has 2 nitrogen and oxygen atoms in total. The van der Waals surface area contributed by atoms with Crippen molar-refractivity contribution >= 4 is 11.4 Å². The lowest BCUT2D eigenvalue weighted by Crippen LogP contribution is -1.81. The number of hydrogen-bond donors (Lipinski definition) is 0. The Morgan fingerprint density at radius 2 is 1.62 bits per heavy atom. The molecule has 0 radical (unpaired) electrons. The van der Waals surface area contributed by atoms with E-state index in [2.05, 4.69) is 10.2 Å². The monoisotopic (exact) mass is 115 g/mol. The molecule has 0 atom stereocenters. The standard InChI is InChI=1S/C6H12N2/c1-5(2)7-8-6(3)4/h1-4H3/i1D3. The second-order valence-electron chi connectivity index (χ2n) is 1.73. The average Bonchev–Trinajstić information content (AvgIpc) is 1.80. The Labute approximate surface area is 54.5 Å². The van der Waals surface area contributed by atoms with Crippen LogP contribution in [0.15, 0.2) is 10.2 Å². The molecule has 8 heavy (non-hydrogen) atoms. The molecule has 0 unspecified atom stereocenters. The van der Waals surface area contributed by atoms with Crippen molar-refractivity contribution in [3.05, 3.63) is 0 Å². The molecule has 0 aliphatic heterocycles. The van der Waals surface area contributed by atoms with Crippen LogP contribution in [0.25, 0.3) is 0 Å². The van der Waals surface area contributed by atoms with Crippen LogP contribution in [0.4, 0.5) is 0 Å². The zero-order chi connectivity index (χ0) is 9.07. The highest BCUT2D eigenvalue weighted by Gasteiger charge is 1.74. The van der Waals surface area contributed by atoms with Crippen LogP contribution in [0.2, 0.25) is 0 Å². The van der Waals surface area contributed by atoms with Crippen molar-refractivity contribution in [2.75, 3.05) is 0 Å². The average molecular weight is 115 g/mol. The van der Waals surface area contributed by atoms with Crippen LogP contribution in [-0.4, -0.2) is 11.4 Å². The van der Waals surface area contributed by atoms with Gasteiger partial charge < -0.3 is 0 Å². The van der Waals surface area contributed by atoms with E-state index in [1.165, 1.54) is 6.92 Å². The van der Waals surface area contributed by atoms with Crippen LogP contribution in [0, 0.1) is 0 Å². The van der Waals surface area contributed by atoms with Gasteiger partial charge in [0, 0.05) is 15.5 Å². The summed E-state index contributed by atoms with van der Waals surface area (Å²) in [4.78, 5) is 0. The molecular weight excluding hydrogens is 100 g/mol. The third-order valence-electron chi connectivity index (χ3n) is 0.400. The third kappa shape index (κ3) is 5.34. The first-order valence-corrected chi connectivity index (χ1v) is 2.40. The normalized spacial score (nSPS) is 18.4. The second-order valence-corrected chi connectivity index (χ2v) is 1.73. The molecule has 0 aromatic carbocycles. The smallest absolute Gasteiger partial charge is 0.0344 e. The molecule has 0 aliphatic carbocycles. The van der Waals surface area contributed by atoms with Gasteiger partial charge in [-0.3, -0.25) is 0 Å². The zero-order valence-electron chi connectivity index (χ0n) is 8.39. The SMILES string of the molecule is [2H]C([2H])([2H])C(C)=NN=C(C)C. The maximum atomic E-state index is 6.92. The van der Waals surface area contributed by atoms with Gasteiger partial charge in [-0.25, -0.2) is 0 Å². The van der Waals surface area contributed by atoms with Crippen LogP contribution in [0.1, 0.15) is 31.7 Å². The fourth-order valence-corrected chi connectivity index (χ4v) is 0.175. The van der Waals surface area contributed by atoms with E-state index in [0.29, 0.717) is 0 Å². The van der Waals surface area contributed by atoms with E-state index in [0.717, 1.165) is 5.71 Å². The molecule has 0 fully saturated rings. The van der Waals surface area contributed by atoms with Gasteiger partial charge in [0.15, 0.2) is 0 Å². The largest absolute Gasteiger partial charge is 0.161 e. The quantitative estimate of drug-likeness (QED) is 0.368. The van der Waals surface area contributed by atoms with Crippen LogP contribution in [0.5, 0.6) is 0 Å². The van der Waals surface area contributed by atoms with Gasteiger partial charge in [0.1, 0.15) is 0 Å². The highest BCUT2D eigenvalue weighted by molar-refractivity contribution is 5.82. The molecule has 0 aliphatic rings. The molecule has 0 saturated heterocycles. The van der Waals surface area contributed by atoms with E-state index < -0.39 is 6.85 Å². The van der Waals surface area contributed by atoms with Gasteiger partial charge in [-0.2, -0.15) is 10.2 Å². The van der Waals surface area contributed by atoms with Gasteiger partial charge in [-0.05, 0) is 27.6 Å². The van der Waals surface area contributed by atoms with E-state index in [1.54, 1.807) is 13.8 Å². The molecule has 0 aromatic rings. The van der Waals surface area contributed by atoms with Crippen molar-refractivity contribution in [2.24, 2.45) is 10.2 Å². The Morgan fingerprint density at radius 1 is 1.12 bits per heavy atom. The molecule has 0 heterocycles. The maximum Gasteiger partial charge on any atom is 0.0344 e. The summed E-state index contributed by atoms with van der Waals surface area (Å²) in [5.41, 5.74) is 0.812. The van der Waals surface area contributed by atoms with Crippen molar-refractivity contribution in [1.82, 2.24) is 0 Å². The van der Waals surface area contributed by atoms with Crippen LogP contribution in [0.3, 0.4) is 0 Å². The summed E-state index contributed by atoms with van der Waals surface area (Å²) >= 11 is 0. The van der Waals surface area contributed by atoms with Gasteiger partial charge >= 0.3 is 0 Å². The van der Waals surface area contributed by atoms with Gasteiger partial charge in [0.2, 0.25) is 0 Å². The van der Waals surface area contributed by atoms with Crippen molar-refractivity contribution in [2.45, 2.75) is 27.6 Å². The van der Waals surface area contributed by atoms with Gasteiger partial charge in [0.05, 0.1) is 0 Å². The van der Waals surface area contributed by atoms with Crippen molar-refractivity contribution < 1.29 is 4.11 Å². The minimum Gasteiger partial charge on any atom is -0.161 e. The van der Waals surface area contributed by atoms with Crippen molar-refractivity contribution in [3.8, 4) is 0 Å². The van der Waals surface area contributed by atoms with Crippen LogP contribution < -0.4 is 0 Å². The Bertz CT molecular complexity index is 186. The first kappa shape index (κ1) is 3.38. The molecule has 0 amide bonds. The molecular formula is C6H12N2. The third-order valence-corrected chi connectivity index (χ3v) is 0.400. The minimum atomic E-state index is -2.11. The Balaban J connectivity index is 4.36. The van der Waals surface area contributed by atoms with Crippen molar-refractivity contribution in [3.63, 3.8) is 0 Å². The Morgan fingerprint density at radius 3 is 2.00 bits per heavy atom. The second kappa shape index (κ2) is 3.36. The van der Waals surface area contributed by atoms with E-state index in [4.69, 9.17) is 4.11 Å². The maximum absolute atomic E-state index is 6.92. The molecule has 46 valence electrons. The molecule has 0 rings (SSSR count). The minimum absolute atomic E-state index is 0.0682. The number of rotatable bonds is 1. The summed E-state index contributed by atoms with van der Waals surface area (Å²) in [6.45, 7) is 2.85. The Hall–Kier alpha value is -0.660. The molecule has 0 N–H and O–H groups in total. The van der Waals surface area contributed by atoms with E-state index in [-0.39, 0.29) is 5.71 Å². The number of hydrogen-bond acceptors (Lipinski definition) is 2. The van der Waals surface area contributed by atoms with Gasteiger partial charge in [-0.15, -0.1) is 0 Å². The van der Waals surface area contributed by atoms with Crippen LogP contribution in [-0.2, 0) is 0 Å². The molecule has 0 saturated carbocycles. The van der Waals surface area contributed by atoms with E-state index >= 15 is 0 Å². The highest BCUT2D eigenvalue weighted by atomic mass is 15.2. The predicted octanol–water partition coefficient (Wildman–Crippen LogP) is 1.86. The summed E-state index contributed by atoms with van der Waals surface area (Å²) in [6.07, 6.45) is 0. The van der Waals surface area contributed by atoms with E-state index in [9.17, 15) is 0 Å².